The Bertz CT molecular complexity index is 1170. The van der Waals surface area contributed by atoms with Crippen LogP contribution >= 0.6 is 15.9 Å². The summed E-state index contributed by atoms with van der Waals surface area (Å²) >= 11 is 3.46. The fourth-order valence-electron chi connectivity index (χ4n) is 3.02. The van der Waals surface area contributed by atoms with Gasteiger partial charge in [0, 0.05) is 17.4 Å². The lowest BCUT2D eigenvalue weighted by molar-refractivity contribution is 0.422. The number of hydrogen-bond acceptors (Lipinski definition) is 5. The molecule has 120 valence electrons. The summed E-state index contributed by atoms with van der Waals surface area (Å²) in [5.41, 5.74) is 1.84. The van der Waals surface area contributed by atoms with Crippen molar-refractivity contribution >= 4 is 32.5 Å². The van der Waals surface area contributed by atoms with E-state index in [4.69, 9.17) is 4.52 Å². The molecular weight excluding hydrogens is 374 g/mol. The molecule has 4 aromatic rings. The molecule has 5 rings (SSSR count). The van der Waals surface area contributed by atoms with Crippen LogP contribution in [-0.2, 0) is 7.05 Å². The first-order chi connectivity index (χ1) is 11.6. The molecule has 0 atom stereocenters. The molecule has 1 saturated carbocycles. The second-order valence-corrected chi connectivity index (χ2v) is 6.87. The fourth-order valence-corrected chi connectivity index (χ4v) is 3.54. The Hall–Kier alpha value is -2.48. The molecule has 7 nitrogen and oxygen atoms in total. The quantitative estimate of drug-likeness (QED) is 0.530. The van der Waals surface area contributed by atoms with E-state index in [1.165, 1.54) is 0 Å². The zero-order chi connectivity index (χ0) is 16.4. The van der Waals surface area contributed by atoms with Crippen molar-refractivity contribution in [2.24, 2.45) is 7.05 Å². The van der Waals surface area contributed by atoms with E-state index in [1.54, 1.807) is 17.9 Å². The van der Waals surface area contributed by atoms with E-state index >= 15 is 0 Å². The molecule has 0 radical (unpaired) electrons. The van der Waals surface area contributed by atoms with Crippen molar-refractivity contribution in [3.8, 4) is 11.6 Å². The molecule has 0 N–H and O–H groups in total. The van der Waals surface area contributed by atoms with Gasteiger partial charge in [0.05, 0.1) is 10.9 Å². The van der Waals surface area contributed by atoms with Gasteiger partial charge >= 0.3 is 0 Å². The van der Waals surface area contributed by atoms with Gasteiger partial charge in [0.15, 0.2) is 17.2 Å². The Balaban J connectivity index is 1.85. The Labute approximate surface area is 144 Å². The number of rotatable bonds is 2. The molecule has 1 aliphatic rings. The Kier molecular flexibility index (Phi) is 2.76. The number of aromatic nitrogens is 5. The van der Waals surface area contributed by atoms with E-state index in [0.717, 1.165) is 28.7 Å². The standard InChI is InChI=1S/C16H12BrN5O2/c1-21-15-12(14-19-13(20-24-14)8-5-6-8)18-7-22(15)10-4-2-3-9(17)11(10)16(21)23/h2-4,7-8H,5-6H2,1H3. The van der Waals surface area contributed by atoms with Crippen LogP contribution in [0.4, 0.5) is 0 Å². The smallest absolute Gasteiger partial charge is 0.280 e. The minimum atomic E-state index is -0.103. The minimum absolute atomic E-state index is 0.103. The molecule has 1 aromatic carbocycles. The summed E-state index contributed by atoms with van der Waals surface area (Å²) in [5, 5.41) is 4.65. The van der Waals surface area contributed by atoms with Gasteiger partial charge in [0.1, 0.15) is 6.33 Å². The predicted octanol–water partition coefficient (Wildman–Crippen LogP) is 2.88. The molecule has 1 aliphatic carbocycles. The normalized spacial score (nSPS) is 14.8. The highest BCUT2D eigenvalue weighted by Crippen LogP contribution is 2.39. The third-order valence-electron chi connectivity index (χ3n) is 4.42. The fraction of sp³-hybridized carbons (Fsp3) is 0.250. The van der Waals surface area contributed by atoms with Crippen molar-refractivity contribution in [2.45, 2.75) is 18.8 Å². The molecule has 8 heteroatoms. The van der Waals surface area contributed by atoms with Gasteiger partial charge in [-0.3, -0.25) is 13.8 Å². The van der Waals surface area contributed by atoms with E-state index < -0.39 is 0 Å². The van der Waals surface area contributed by atoms with Crippen LogP contribution in [0.1, 0.15) is 24.6 Å². The predicted molar refractivity (Wildman–Crippen MR) is 90.9 cm³/mol. The molecular formula is C16H12BrN5O2. The average Bonchev–Trinajstić information content (AvgIpc) is 3.14. The van der Waals surface area contributed by atoms with Crippen molar-refractivity contribution in [3.63, 3.8) is 0 Å². The van der Waals surface area contributed by atoms with Gasteiger partial charge in [-0.1, -0.05) is 11.2 Å². The zero-order valence-electron chi connectivity index (χ0n) is 12.7. The van der Waals surface area contributed by atoms with Crippen molar-refractivity contribution in [1.29, 1.82) is 0 Å². The lowest BCUT2D eigenvalue weighted by atomic mass is 10.2. The number of hydrogen-bond donors (Lipinski definition) is 0. The molecule has 3 aromatic heterocycles. The zero-order valence-corrected chi connectivity index (χ0v) is 14.3. The highest BCUT2D eigenvalue weighted by molar-refractivity contribution is 9.10. The number of nitrogens with zero attached hydrogens (tertiary/aromatic N) is 5. The lowest BCUT2D eigenvalue weighted by Gasteiger charge is -2.08. The summed E-state index contributed by atoms with van der Waals surface area (Å²) < 4.78 is 9.58. The maximum Gasteiger partial charge on any atom is 0.280 e. The second kappa shape index (κ2) is 4.76. The van der Waals surface area contributed by atoms with Crippen LogP contribution in [0.15, 0.2) is 38.3 Å². The molecule has 0 spiro atoms. The van der Waals surface area contributed by atoms with Gasteiger partial charge in [-0.2, -0.15) is 4.98 Å². The van der Waals surface area contributed by atoms with E-state index in [-0.39, 0.29) is 5.56 Å². The number of benzene rings is 1. The molecule has 0 saturated heterocycles. The Morgan fingerprint density at radius 2 is 2.17 bits per heavy atom. The number of halogens is 1. The lowest BCUT2D eigenvalue weighted by Crippen LogP contribution is -2.20. The minimum Gasteiger partial charge on any atom is -0.332 e. The summed E-state index contributed by atoms with van der Waals surface area (Å²) in [7, 11) is 1.72. The highest BCUT2D eigenvalue weighted by atomic mass is 79.9. The van der Waals surface area contributed by atoms with Crippen LogP contribution in [0.5, 0.6) is 0 Å². The number of imidazole rings is 1. The van der Waals surface area contributed by atoms with Crippen LogP contribution in [0.25, 0.3) is 28.1 Å². The van der Waals surface area contributed by atoms with Crippen LogP contribution in [-0.4, -0.2) is 24.1 Å². The third-order valence-corrected chi connectivity index (χ3v) is 5.08. The van der Waals surface area contributed by atoms with Gasteiger partial charge in [-0.25, -0.2) is 4.98 Å². The van der Waals surface area contributed by atoms with E-state index in [9.17, 15) is 4.79 Å². The molecule has 1 fully saturated rings. The van der Waals surface area contributed by atoms with Crippen molar-refractivity contribution < 1.29 is 4.52 Å². The summed E-state index contributed by atoms with van der Waals surface area (Å²) in [6.07, 6.45) is 3.88. The van der Waals surface area contributed by atoms with Crippen molar-refractivity contribution in [2.75, 3.05) is 0 Å². The first-order valence-electron chi connectivity index (χ1n) is 7.63. The molecule has 3 heterocycles. The van der Waals surface area contributed by atoms with Gasteiger partial charge in [-0.15, -0.1) is 0 Å². The third kappa shape index (κ3) is 1.83. The molecule has 24 heavy (non-hydrogen) atoms. The molecule has 0 amide bonds. The van der Waals surface area contributed by atoms with Gasteiger partial charge < -0.3 is 4.52 Å². The van der Waals surface area contributed by atoms with Crippen molar-refractivity contribution in [3.05, 3.63) is 45.2 Å². The first-order valence-corrected chi connectivity index (χ1v) is 8.42. The molecule has 0 aliphatic heterocycles. The number of fused-ring (bicyclic) bond motifs is 3. The SMILES string of the molecule is Cn1c(=O)c2c(Br)cccc2n2cnc(-c3nc(C4CC4)no3)c12. The van der Waals surface area contributed by atoms with Crippen LogP contribution in [0.3, 0.4) is 0 Å². The number of aryl methyl sites for hydroxylation is 1. The summed E-state index contributed by atoms with van der Waals surface area (Å²) in [6.45, 7) is 0. The van der Waals surface area contributed by atoms with Gasteiger partial charge in [0.25, 0.3) is 11.4 Å². The van der Waals surface area contributed by atoms with Gasteiger partial charge in [-0.05, 0) is 40.9 Å². The van der Waals surface area contributed by atoms with E-state index in [2.05, 4.69) is 31.1 Å². The van der Waals surface area contributed by atoms with Crippen LogP contribution in [0.2, 0.25) is 0 Å². The monoisotopic (exact) mass is 385 g/mol. The van der Waals surface area contributed by atoms with Crippen LogP contribution < -0.4 is 5.56 Å². The van der Waals surface area contributed by atoms with Crippen LogP contribution in [0, 0.1) is 0 Å². The summed E-state index contributed by atoms with van der Waals surface area (Å²) in [5.74, 6) is 1.47. The highest BCUT2D eigenvalue weighted by Gasteiger charge is 2.30. The molecule has 0 bridgehead atoms. The summed E-state index contributed by atoms with van der Waals surface area (Å²) in [4.78, 5) is 21.7. The van der Waals surface area contributed by atoms with Crippen molar-refractivity contribution in [1.82, 2.24) is 24.1 Å². The first kappa shape index (κ1) is 13.9. The molecule has 0 unspecified atom stereocenters. The maximum absolute atomic E-state index is 12.8. The maximum atomic E-state index is 12.8. The van der Waals surface area contributed by atoms with Gasteiger partial charge in [0.2, 0.25) is 0 Å². The average molecular weight is 386 g/mol. The Morgan fingerprint density at radius 3 is 2.96 bits per heavy atom. The second-order valence-electron chi connectivity index (χ2n) is 6.02. The Morgan fingerprint density at radius 1 is 1.33 bits per heavy atom. The topological polar surface area (TPSA) is 78.2 Å². The van der Waals surface area contributed by atoms with E-state index in [1.807, 2.05) is 22.6 Å². The largest absolute Gasteiger partial charge is 0.332 e. The summed E-state index contributed by atoms with van der Waals surface area (Å²) in [6, 6.07) is 5.64. The van der Waals surface area contributed by atoms with E-state index in [0.29, 0.717) is 28.5 Å².